The number of benzene rings is 2. The van der Waals surface area contributed by atoms with Crippen LogP contribution in [-0.2, 0) is 0 Å². The summed E-state index contributed by atoms with van der Waals surface area (Å²) in [6.45, 7) is 2.43. The lowest BCUT2D eigenvalue weighted by atomic mass is 10.0. The molecule has 1 amide bonds. The number of carbonyl (C=O) groups is 1. The molecule has 110 valence electrons. The highest BCUT2D eigenvalue weighted by atomic mass is 19.1. The van der Waals surface area contributed by atoms with E-state index in [4.69, 9.17) is 0 Å². The van der Waals surface area contributed by atoms with E-state index in [0.29, 0.717) is 17.8 Å². The topological polar surface area (TPSA) is 42.0 Å². The van der Waals surface area contributed by atoms with Crippen molar-refractivity contribution in [1.82, 2.24) is 10.3 Å². The van der Waals surface area contributed by atoms with E-state index in [2.05, 4.69) is 10.3 Å². The van der Waals surface area contributed by atoms with Gasteiger partial charge in [-0.25, -0.2) is 9.37 Å². The Morgan fingerprint density at radius 1 is 1.14 bits per heavy atom. The molecule has 0 saturated heterocycles. The fourth-order valence-electron chi connectivity index (χ4n) is 2.39. The average Bonchev–Trinajstić information content (AvgIpc) is 2.54. The van der Waals surface area contributed by atoms with Crippen molar-refractivity contribution in [1.29, 1.82) is 0 Å². The lowest BCUT2D eigenvalue weighted by Crippen LogP contribution is -2.23. The summed E-state index contributed by atoms with van der Waals surface area (Å²) in [6.07, 6.45) is 0. The smallest absolute Gasteiger partial charge is 0.252 e. The number of pyridine rings is 1. The van der Waals surface area contributed by atoms with Crippen molar-refractivity contribution in [3.05, 3.63) is 66.0 Å². The van der Waals surface area contributed by atoms with Crippen molar-refractivity contribution in [3.8, 4) is 11.3 Å². The lowest BCUT2D eigenvalue weighted by Gasteiger charge is -2.09. The molecule has 0 radical (unpaired) electrons. The van der Waals surface area contributed by atoms with Gasteiger partial charge in [-0.15, -0.1) is 0 Å². The Balaban J connectivity index is 2.20. The van der Waals surface area contributed by atoms with Crippen molar-refractivity contribution in [2.45, 2.75) is 6.92 Å². The van der Waals surface area contributed by atoms with Gasteiger partial charge in [0.2, 0.25) is 0 Å². The van der Waals surface area contributed by atoms with E-state index >= 15 is 0 Å². The molecule has 1 heterocycles. The van der Waals surface area contributed by atoms with E-state index in [1.54, 1.807) is 18.2 Å². The van der Waals surface area contributed by atoms with Gasteiger partial charge in [-0.2, -0.15) is 0 Å². The summed E-state index contributed by atoms with van der Waals surface area (Å²) in [6, 6.07) is 15.3. The molecule has 3 aromatic rings. The number of para-hydroxylation sites is 1. The number of hydrogen-bond donors (Lipinski definition) is 1. The predicted octanol–water partition coefficient (Wildman–Crippen LogP) is 3.79. The Hall–Kier alpha value is -2.75. The second kappa shape index (κ2) is 5.93. The zero-order valence-corrected chi connectivity index (χ0v) is 12.1. The Morgan fingerprint density at radius 2 is 1.86 bits per heavy atom. The number of amides is 1. The molecule has 0 spiro atoms. The molecule has 0 saturated carbocycles. The van der Waals surface area contributed by atoms with Crippen LogP contribution in [0.4, 0.5) is 4.39 Å². The van der Waals surface area contributed by atoms with E-state index < -0.39 is 0 Å². The number of halogens is 1. The van der Waals surface area contributed by atoms with E-state index in [1.165, 1.54) is 12.1 Å². The molecule has 1 N–H and O–H groups in total. The Kier molecular flexibility index (Phi) is 3.83. The molecular weight excluding hydrogens is 279 g/mol. The number of hydrogen-bond acceptors (Lipinski definition) is 2. The molecule has 2 aromatic carbocycles. The third-order valence-electron chi connectivity index (χ3n) is 3.44. The van der Waals surface area contributed by atoms with Gasteiger partial charge >= 0.3 is 0 Å². The van der Waals surface area contributed by atoms with Gasteiger partial charge in [0.1, 0.15) is 5.82 Å². The summed E-state index contributed by atoms with van der Waals surface area (Å²) in [5, 5.41) is 3.62. The van der Waals surface area contributed by atoms with E-state index in [1.807, 2.05) is 31.2 Å². The summed E-state index contributed by atoms with van der Waals surface area (Å²) < 4.78 is 13.1. The minimum atomic E-state index is -0.298. The van der Waals surface area contributed by atoms with Crippen LogP contribution in [0.1, 0.15) is 17.3 Å². The van der Waals surface area contributed by atoms with Crippen LogP contribution in [0.15, 0.2) is 54.6 Å². The van der Waals surface area contributed by atoms with Crippen LogP contribution >= 0.6 is 0 Å². The van der Waals surface area contributed by atoms with E-state index in [9.17, 15) is 9.18 Å². The molecule has 0 fully saturated rings. The number of aromatic nitrogens is 1. The third-order valence-corrected chi connectivity index (χ3v) is 3.44. The number of nitrogens with zero attached hydrogens (tertiary/aromatic N) is 1. The summed E-state index contributed by atoms with van der Waals surface area (Å²) in [5.41, 5.74) is 2.75. The van der Waals surface area contributed by atoms with Crippen LogP contribution in [-0.4, -0.2) is 17.4 Å². The van der Waals surface area contributed by atoms with Crippen LogP contribution in [0.2, 0.25) is 0 Å². The van der Waals surface area contributed by atoms with Crippen molar-refractivity contribution in [2.24, 2.45) is 0 Å². The van der Waals surface area contributed by atoms with Gasteiger partial charge in [0, 0.05) is 17.5 Å². The molecule has 3 nitrogen and oxygen atoms in total. The Morgan fingerprint density at radius 3 is 2.59 bits per heavy atom. The lowest BCUT2D eigenvalue weighted by molar-refractivity contribution is 0.0957. The van der Waals surface area contributed by atoms with Gasteiger partial charge in [-0.3, -0.25) is 4.79 Å². The molecule has 0 bridgehead atoms. The quantitative estimate of drug-likeness (QED) is 0.798. The summed E-state index contributed by atoms with van der Waals surface area (Å²) in [4.78, 5) is 16.9. The van der Waals surface area contributed by atoms with Crippen LogP contribution in [0.25, 0.3) is 22.2 Å². The molecule has 0 aliphatic heterocycles. The first-order valence-electron chi connectivity index (χ1n) is 7.13. The molecule has 4 heteroatoms. The maximum absolute atomic E-state index is 13.1. The standard InChI is InChI=1S/C18H15FN2O/c1-2-20-18(22)15-11-17(12-7-9-13(19)10-8-12)21-16-6-4-3-5-14(15)16/h3-11H,2H2,1H3,(H,20,22). The van der Waals surface area contributed by atoms with Gasteiger partial charge in [0.05, 0.1) is 16.8 Å². The van der Waals surface area contributed by atoms with E-state index in [0.717, 1.165) is 16.5 Å². The largest absolute Gasteiger partial charge is 0.352 e. The molecule has 22 heavy (non-hydrogen) atoms. The van der Waals surface area contributed by atoms with Crippen LogP contribution in [0.5, 0.6) is 0 Å². The summed E-state index contributed by atoms with van der Waals surface area (Å²) in [5.74, 6) is -0.432. The second-order valence-electron chi connectivity index (χ2n) is 4.94. The molecule has 3 rings (SSSR count). The van der Waals surface area contributed by atoms with Gasteiger partial charge in [-0.1, -0.05) is 18.2 Å². The first kappa shape index (κ1) is 14.2. The number of fused-ring (bicyclic) bond motifs is 1. The fraction of sp³-hybridized carbons (Fsp3) is 0.111. The highest BCUT2D eigenvalue weighted by Gasteiger charge is 2.13. The van der Waals surface area contributed by atoms with Gasteiger partial charge < -0.3 is 5.32 Å². The number of nitrogens with one attached hydrogen (secondary N) is 1. The van der Waals surface area contributed by atoms with Gasteiger partial charge in [0.15, 0.2) is 0 Å². The van der Waals surface area contributed by atoms with Crippen molar-refractivity contribution >= 4 is 16.8 Å². The van der Waals surface area contributed by atoms with Crippen molar-refractivity contribution in [3.63, 3.8) is 0 Å². The van der Waals surface area contributed by atoms with Crippen LogP contribution < -0.4 is 5.32 Å². The zero-order chi connectivity index (χ0) is 15.5. The van der Waals surface area contributed by atoms with Crippen LogP contribution in [0, 0.1) is 5.82 Å². The monoisotopic (exact) mass is 294 g/mol. The highest BCUT2D eigenvalue weighted by molar-refractivity contribution is 6.07. The molecule has 0 aliphatic rings. The second-order valence-corrected chi connectivity index (χ2v) is 4.94. The fourth-order valence-corrected chi connectivity index (χ4v) is 2.39. The average molecular weight is 294 g/mol. The first-order valence-corrected chi connectivity index (χ1v) is 7.13. The Labute approximate surface area is 127 Å². The van der Waals surface area contributed by atoms with E-state index in [-0.39, 0.29) is 11.7 Å². The minimum Gasteiger partial charge on any atom is -0.352 e. The predicted molar refractivity (Wildman–Crippen MR) is 85.1 cm³/mol. The minimum absolute atomic E-state index is 0.135. The Bertz CT molecular complexity index is 828. The SMILES string of the molecule is CCNC(=O)c1cc(-c2ccc(F)cc2)nc2ccccc12. The molecule has 0 atom stereocenters. The highest BCUT2D eigenvalue weighted by Crippen LogP contribution is 2.25. The number of rotatable bonds is 3. The van der Waals surface area contributed by atoms with Crippen molar-refractivity contribution in [2.75, 3.05) is 6.54 Å². The molecule has 1 aromatic heterocycles. The molecule has 0 unspecified atom stereocenters. The molecular formula is C18H15FN2O. The maximum Gasteiger partial charge on any atom is 0.252 e. The first-order chi connectivity index (χ1) is 10.7. The number of carbonyl (C=O) groups excluding carboxylic acids is 1. The maximum atomic E-state index is 13.1. The molecule has 0 aliphatic carbocycles. The normalized spacial score (nSPS) is 10.6. The van der Waals surface area contributed by atoms with Gasteiger partial charge in [-0.05, 0) is 43.3 Å². The third kappa shape index (κ3) is 2.68. The summed E-state index contributed by atoms with van der Waals surface area (Å²) in [7, 11) is 0. The zero-order valence-electron chi connectivity index (χ0n) is 12.1. The van der Waals surface area contributed by atoms with Crippen LogP contribution in [0.3, 0.4) is 0 Å². The summed E-state index contributed by atoms with van der Waals surface area (Å²) >= 11 is 0. The van der Waals surface area contributed by atoms with Crippen molar-refractivity contribution < 1.29 is 9.18 Å². The van der Waals surface area contributed by atoms with Gasteiger partial charge in [0.25, 0.3) is 5.91 Å².